The fraction of sp³-hybridized carbons (Fsp3) is 0.300. The highest BCUT2D eigenvalue weighted by atomic mass is 19.4. The van der Waals surface area contributed by atoms with Crippen molar-refractivity contribution in [3.05, 3.63) is 34.4 Å². The van der Waals surface area contributed by atoms with Gasteiger partial charge in [0, 0.05) is 5.56 Å². The standard InChI is InChI=1S/C10H2F8O3/c11-3-1-2(4(12)6(14)5(3)13)8(19)21-9(20,7(1)15)10(16,17)18/h7,20H. The monoisotopic (exact) mass is 322 g/mol. The van der Waals surface area contributed by atoms with Gasteiger partial charge in [0.2, 0.25) is 6.17 Å². The lowest BCUT2D eigenvalue weighted by molar-refractivity contribution is -0.370. The number of hydrogen-bond acceptors (Lipinski definition) is 3. The third kappa shape index (κ3) is 1.87. The Morgan fingerprint density at radius 2 is 1.48 bits per heavy atom. The van der Waals surface area contributed by atoms with E-state index in [1.165, 1.54) is 0 Å². The molecular weight excluding hydrogens is 320 g/mol. The zero-order valence-electron chi connectivity index (χ0n) is 9.36. The average Bonchev–Trinajstić information content (AvgIpc) is 2.36. The van der Waals surface area contributed by atoms with Crippen LogP contribution in [0.25, 0.3) is 0 Å². The van der Waals surface area contributed by atoms with Gasteiger partial charge < -0.3 is 9.84 Å². The maximum Gasteiger partial charge on any atom is 0.459 e. The van der Waals surface area contributed by atoms with Crippen molar-refractivity contribution in [2.75, 3.05) is 0 Å². The molecule has 2 atom stereocenters. The number of alkyl halides is 4. The first-order valence-corrected chi connectivity index (χ1v) is 4.95. The second kappa shape index (κ2) is 4.29. The minimum atomic E-state index is -5.94. The Morgan fingerprint density at radius 3 is 1.95 bits per heavy atom. The molecule has 21 heavy (non-hydrogen) atoms. The smallest absolute Gasteiger partial charge is 0.416 e. The topological polar surface area (TPSA) is 46.5 Å². The highest BCUT2D eigenvalue weighted by molar-refractivity contribution is 5.93. The summed E-state index contributed by atoms with van der Waals surface area (Å²) >= 11 is 0. The Labute approximate surface area is 109 Å². The van der Waals surface area contributed by atoms with E-state index in [1.54, 1.807) is 0 Å². The molecule has 2 unspecified atom stereocenters. The molecule has 0 amide bonds. The fourth-order valence-electron chi connectivity index (χ4n) is 1.73. The van der Waals surface area contributed by atoms with Crippen molar-refractivity contribution in [1.82, 2.24) is 0 Å². The molecule has 0 saturated heterocycles. The quantitative estimate of drug-likeness (QED) is 0.346. The molecule has 11 heteroatoms. The summed E-state index contributed by atoms with van der Waals surface area (Å²) < 4.78 is 107. The summed E-state index contributed by atoms with van der Waals surface area (Å²) in [6.07, 6.45) is -9.84. The molecule has 0 spiro atoms. The van der Waals surface area contributed by atoms with Crippen LogP contribution in [0.15, 0.2) is 0 Å². The summed E-state index contributed by atoms with van der Waals surface area (Å²) in [5, 5.41) is 9.02. The molecule has 1 aromatic carbocycles. The number of hydrogen-bond donors (Lipinski definition) is 1. The first-order valence-electron chi connectivity index (χ1n) is 4.95. The number of fused-ring (bicyclic) bond motifs is 1. The molecule has 1 heterocycles. The molecule has 1 aromatic rings. The SMILES string of the molecule is O=C1OC(O)(C(F)(F)F)C(F)c2c(F)c(F)c(F)c(F)c21. The molecular formula is C10H2F8O3. The van der Waals surface area contributed by atoms with E-state index >= 15 is 0 Å². The van der Waals surface area contributed by atoms with Crippen LogP contribution >= 0.6 is 0 Å². The number of carbonyl (C=O) groups excluding carboxylic acids is 1. The van der Waals surface area contributed by atoms with Crippen molar-refractivity contribution >= 4 is 5.97 Å². The van der Waals surface area contributed by atoms with Crippen LogP contribution in [0, 0.1) is 23.3 Å². The normalized spacial score (nSPS) is 25.6. The highest BCUT2D eigenvalue weighted by Gasteiger charge is 2.67. The van der Waals surface area contributed by atoms with Crippen molar-refractivity contribution in [2.24, 2.45) is 0 Å². The van der Waals surface area contributed by atoms with Crippen LogP contribution < -0.4 is 0 Å². The van der Waals surface area contributed by atoms with Gasteiger partial charge in [-0.3, -0.25) is 0 Å². The molecule has 0 radical (unpaired) electrons. The van der Waals surface area contributed by atoms with Crippen LogP contribution in [-0.4, -0.2) is 23.0 Å². The summed E-state index contributed by atoms with van der Waals surface area (Å²) in [7, 11) is 0. The van der Waals surface area contributed by atoms with Gasteiger partial charge >= 0.3 is 17.9 Å². The number of carbonyl (C=O) groups is 1. The lowest BCUT2D eigenvalue weighted by Gasteiger charge is -2.36. The predicted octanol–water partition coefficient (Wildman–Crippen LogP) is 2.67. The van der Waals surface area contributed by atoms with E-state index in [2.05, 4.69) is 4.74 Å². The van der Waals surface area contributed by atoms with Gasteiger partial charge in [-0.1, -0.05) is 0 Å². The molecule has 1 aliphatic rings. The number of aliphatic hydroxyl groups is 1. The summed E-state index contributed by atoms with van der Waals surface area (Å²) in [5.41, 5.74) is -4.00. The van der Waals surface area contributed by atoms with Gasteiger partial charge in [-0.15, -0.1) is 0 Å². The molecule has 2 rings (SSSR count). The van der Waals surface area contributed by atoms with Gasteiger partial charge in [-0.05, 0) is 0 Å². The molecule has 1 aliphatic heterocycles. The van der Waals surface area contributed by atoms with Crippen LogP contribution in [-0.2, 0) is 4.74 Å². The van der Waals surface area contributed by atoms with Gasteiger partial charge in [0.25, 0.3) is 0 Å². The van der Waals surface area contributed by atoms with Gasteiger partial charge in [0.1, 0.15) is 5.56 Å². The first kappa shape index (κ1) is 15.5. The molecule has 0 saturated carbocycles. The summed E-state index contributed by atoms with van der Waals surface area (Å²) in [6, 6.07) is 0. The lowest BCUT2D eigenvalue weighted by atomic mass is 9.92. The minimum Gasteiger partial charge on any atom is -0.416 e. The third-order valence-electron chi connectivity index (χ3n) is 2.76. The molecule has 0 aliphatic carbocycles. The fourth-order valence-corrected chi connectivity index (χ4v) is 1.73. The molecule has 1 N–H and O–H groups in total. The lowest BCUT2D eigenvalue weighted by Crippen LogP contribution is -2.55. The highest BCUT2D eigenvalue weighted by Crippen LogP contribution is 2.49. The van der Waals surface area contributed by atoms with Crippen molar-refractivity contribution in [2.45, 2.75) is 18.1 Å². The van der Waals surface area contributed by atoms with Crippen LogP contribution in [0.3, 0.4) is 0 Å². The summed E-state index contributed by atoms with van der Waals surface area (Å²) in [5.74, 6) is -17.4. The number of ether oxygens (including phenoxy) is 1. The minimum absolute atomic E-state index is 1.90. The first-order chi connectivity index (χ1) is 9.43. The summed E-state index contributed by atoms with van der Waals surface area (Å²) in [6.45, 7) is 0. The Balaban J connectivity index is 2.82. The molecule has 116 valence electrons. The van der Waals surface area contributed by atoms with Gasteiger partial charge in [-0.25, -0.2) is 26.7 Å². The van der Waals surface area contributed by atoms with Crippen LogP contribution in [0.2, 0.25) is 0 Å². The Hall–Kier alpha value is -1.91. The zero-order valence-corrected chi connectivity index (χ0v) is 9.36. The summed E-state index contributed by atoms with van der Waals surface area (Å²) in [4.78, 5) is 11.2. The maximum atomic E-state index is 13.7. The third-order valence-corrected chi connectivity index (χ3v) is 2.76. The Bertz CT molecular complexity index is 640. The molecule has 0 bridgehead atoms. The van der Waals surface area contributed by atoms with Crippen molar-refractivity contribution in [3.63, 3.8) is 0 Å². The average molecular weight is 322 g/mol. The predicted molar refractivity (Wildman–Crippen MR) is 46.5 cm³/mol. The number of cyclic esters (lactones) is 1. The van der Waals surface area contributed by atoms with E-state index in [1.807, 2.05) is 0 Å². The van der Waals surface area contributed by atoms with E-state index in [-0.39, 0.29) is 0 Å². The van der Waals surface area contributed by atoms with Gasteiger partial charge in [0.15, 0.2) is 23.3 Å². The van der Waals surface area contributed by atoms with Gasteiger partial charge in [-0.2, -0.15) is 13.2 Å². The number of halogens is 8. The largest absolute Gasteiger partial charge is 0.459 e. The van der Waals surface area contributed by atoms with E-state index in [4.69, 9.17) is 5.11 Å². The van der Waals surface area contributed by atoms with E-state index in [9.17, 15) is 39.9 Å². The second-order valence-electron chi connectivity index (χ2n) is 3.99. The number of esters is 1. The van der Waals surface area contributed by atoms with E-state index in [0.717, 1.165) is 0 Å². The Kier molecular flexibility index (Phi) is 3.16. The van der Waals surface area contributed by atoms with Gasteiger partial charge in [0.05, 0.1) is 0 Å². The number of rotatable bonds is 0. The van der Waals surface area contributed by atoms with Crippen molar-refractivity contribution < 1.29 is 49.8 Å². The number of benzene rings is 1. The van der Waals surface area contributed by atoms with Crippen molar-refractivity contribution in [3.8, 4) is 0 Å². The Morgan fingerprint density at radius 1 is 1.00 bits per heavy atom. The van der Waals surface area contributed by atoms with Crippen LogP contribution in [0.1, 0.15) is 22.1 Å². The van der Waals surface area contributed by atoms with Crippen LogP contribution in [0.4, 0.5) is 35.1 Å². The maximum absolute atomic E-state index is 13.7. The zero-order chi connectivity index (χ0) is 16.3. The molecule has 0 fully saturated rings. The van der Waals surface area contributed by atoms with E-state index in [0.29, 0.717) is 0 Å². The van der Waals surface area contributed by atoms with Crippen LogP contribution in [0.5, 0.6) is 0 Å². The molecule has 0 aromatic heterocycles. The van der Waals surface area contributed by atoms with Crippen molar-refractivity contribution in [1.29, 1.82) is 0 Å². The van der Waals surface area contributed by atoms with E-state index < -0.39 is 58.5 Å². The second-order valence-corrected chi connectivity index (χ2v) is 3.99. The molecule has 3 nitrogen and oxygen atoms in total.